The number of fused-ring (bicyclic) bond motifs is 1. The average molecular weight is 493 g/mol. The van der Waals surface area contributed by atoms with E-state index >= 15 is 0 Å². The van der Waals surface area contributed by atoms with Gasteiger partial charge in [-0.2, -0.15) is 8.42 Å². The van der Waals surface area contributed by atoms with Gasteiger partial charge in [-0.05, 0) is 43.7 Å². The Bertz CT molecular complexity index is 1220. The van der Waals surface area contributed by atoms with Crippen molar-refractivity contribution in [2.75, 3.05) is 24.5 Å². The molecule has 2 aliphatic heterocycles. The summed E-state index contributed by atoms with van der Waals surface area (Å²) in [6.45, 7) is 3.03. The maximum absolute atomic E-state index is 12.9. The van der Waals surface area contributed by atoms with Crippen molar-refractivity contribution in [3.8, 4) is 5.75 Å². The number of barbiturate groups is 1. The number of carboxylic acids is 1. The lowest BCUT2D eigenvalue weighted by atomic mass is 10.1. The number of unbranched alkanes of at least 4 members (excludes halogenated alkanes) is 1. The van der Waals surface area contributed by atoms with Crippen LogP contribution in [0.5, 0.6) is 5.75 Å². The van der Waals surface area contributed by atoms with Crippen LogP contribution < -0.4 is 9.64 Å². The first kappa shape index (κ1) is 24.9. The van der Waals surface area contributed by atoms with E-state index in [1.807, 2.05) is 6.92 Å². The Balaban J connectivity index is 1.99. The number of carbonyl (C=O) groups excluding carboxylic acids is 3. The minimum Gasteiger partial charge on any atom is -0.480 e. The Morgan fingerprint density at radius 2 is 1.74 bits per heavy atom. The fourth-order valence-electron chi connectivity index (χ4n) is 3.48. The summed E-state index contributed by atoms with van der Waals surface area (Å²) in [4.78, 5) is 51.9. The molecule has 0 atom stereocenters. The monoisotopic (exact) mass is 493 g/mol. The second-order valence-electron chi connectivity index (χ2n) is 7.41. The molecule has 12 nitrogen and oxygen atoms in total. The zero-order chi connectivity index (χ0) is 25.2. The number of anilines is 1. The first-order valence-electron chi connectivity index (χ1n) is 10.4. The molecule has 1 saturated heterocycles. The van der Waals surface area contributed by atoms with Crippen LogP contribution in [-0.2, 0) is 24.5 Å². The van der Waals surface area contributed by atoms with Gasteiger partial charge in [-0.3, -0.25) is 23.8 Å². The fourth-order valence-corrected chi connectivity index (χ4v) is 3.98. The van der Waals surface area contributed by atoms with Crippen LogP contribution in [-0.4, -0.2) is 71.3 Å². The molecule has 0 bridgehead atoms. The molecule has 2 heterocycles. The Kier molecular flexibility index (Phi) is 7.07. The number of allylic oxidation sites excluding steroid dienone is 2. The fraction of sp³-hybridized carbons (Fsp3) is 0.333. The first-order valence-corrected chi connectivity index (χ1v) is 11.8. The third-order valence-electron chi connectivity index (χ3n) is 5.15. The van der Waals surface area contributed by atoms with E-state index < -0.39 is 46.1 Å². The summed E-state index contributed by atoms with van der Waals surface area (Å²) in [5, 5.41) is 9.10. The van der Waals surface area contributed by atoms with Crippen molar-refractivity contribution in [1.29, 1.82) is 0 Å². The standard InChI is InChI=1S/C21H23N3O9S/c1-3-5-10-23-19(27)14(20(28)24(21(23)29)12-18(25)26)7-9-17-22(4-2)15-11-13(34(30,31)32)6-8-16(15)33-17/h6-9,11H,3-5,10,12H2,1-2H3,(H,25,26)(H,30,31,32)/b14-7-,17-9-. The number of hydrogen-bond acceptors (Lipinski definition) is 8. The first-order chi connectivity index (χ1) is 16.0. The van der Waals surface area contributed by atoms with Crippen molar-refractivity contribution < 1.29 is 42.0 Å². The quantitative estimate of drug-likeness (QED) is 0.309. The largest absolute Gasteiger partial charge is 0.480 e. The van der Waals surface area contributed by atoms with Gasteiger partial charge in [0.25, 0.3) is 21.9 Å². The van der Waals surface area contributed by atoms with Crippen molar-refractivity contribution in [1.82, 2.24) is 9.80 Å². The van der Waals surface area contributed by atoms with Crippen molar-refractivity contribution >= 4 is 39.6 Å². The number of benzene rings is 1. The Hall–Kier alpha value is -3.71. The second kappa shape index (κ2) is 9.65. The summed E-state index contributed by atoms with van der Waals surface area (Å²) in [6, 6.07) is 2.75. The topological polar surface area (TPSA) is 162 Å². The van der Waals surface area contributed by atoms with Crippen LogP contribution in [0.25, 0.3) is 0 Å². The summed E-state index contributed by atoms with van der Waals surface area (Å²) >= 11 is 0. The van der Waals surface area contributed by atoms with E-state index in [2.05, 4.69) is 0 Å². The van der Waals surface area contributed by atoms with E-state index in [4.69, 9.17) is 9.84 Å². The molecule has 2 aliphatic rings. The van der Waals surface area contributed by atoms with Gasteiger partial charge in [-0.15, -0.1) is 0 Å². The van der Waals surface area contributed by atoms with Crippen molar-refractivity contribution in [3.63, 3.8) is 0 Å². The highest BCUT2D eigenvalue weighted by Gasteiger charge is 2.42. The summed E-state index contributed by atoms with van der Waals surface area (Å²) in [5.74, 6) is -2.87. The van der Waals surface area contributed by atoms with Crippen molar-refractivity contribution in [3.05, 3.63) is 41.8 Å². The molecular formula is C21H23N3O9S. The molecule has 4 amide bonds. The molecular weight excluding hydrogens is 470 g/mol. The van der Waals surface area contributed by atoms with Crippen LogP contribution in [0.1, 0.15) is 26.7 Å². The van der Waals surface area contributed by atoms with E-state index in [0.29, 0.717) is 30.0 Å². The lowest BCUT2D eigenvalue weighted by Gasteiger charge is -2.33. The Labute approximate surface area is 195 Å². The predicted octanol–water partition coefficient (Wildman–Crippen LogP) is 1.60. The third-order valence-corrected chi connectivity index (χ3v) is 6.00. The lowest BCUT2D eigenvalue weighted by molar-refractivity contribution is -0.144. The molecule has 1 aromatic rings. The van der Waals surface area contributed by atoms with E-state index in [1.54, 1.807) is 11.8 Å². The SMILES string of the molecule is CCCCN1C(=O)/C(=C/C=C2\Oc3ccc(S(=O)(=O)O)cc3N2CC)C(=O)N(CC(=O)O)C1=O. The number of urea groups is 1. The van der Waals surface area contributed by atoms with Crippen LogP contribution in [0.2, 0.25) is 0 Å². The van der Waals surface area contributed by atoms with Crippen LogP contribution in [0.15, 0.2) is 46.7 Å². The molecule has 34 heavy (non-hydrogen) atoms. The number of nitrogens with zero attached hydrogens (tertiary/aromatic N) is 3. The number of ether oxygens (including phenoxy) is 1. The van der Waals surface area contributed by atoms with Crippen LogP contribution in [0.4, 0.5) is 10.5 Å². The second-order valence-corrected chi connectivity index (χ2v) is 8.84. The van der Waals surface area contributed by atoms with Gasteiger partial charge in [-0.1, -0.05) is 13.3 Å². The zero-order valence-electron chi connectivity index (χ0n) is 18.4. The Morgan fingerprint density at radius 1 is 1.06 bits per heavy atom. The van der Waals surface area contributed by atoms with Gasteiger partial charge in [0.15, 0.2) is 5.75 Å². The molecule has 13 heteroatoms. The minimum absolute atomic E-state index is 0.0207. The molecule has 2 N–H and O–H groups in total. The molecule has 0 unspecified atom stereocenters. The molecule has 0 spiro atoms. The van der Waals surface area contributed by atoms with Gasteiger partial charge in [0.1, 0.15) is 12.1 Å². The molecule has 1 fully saturated rings. The summed E-state index contributed by atoms with van der Waals surface area (Å²) < 4.78 is 37.9. The van der Waals surface area contributed by atoms with E-state index in [9.17, 15) is 32.1 Å². The maximum Gasteiger partial charge on any atom is 0.334 e. The molecule has 182 valence electrons. The summed E-state index contributed by atoms with van der Waals surface area (Å²) in [5.41, 5.74) is -0.0745. The number of carboxylic acid groups (broad SMARTS) is 1. The number of amides is 4. The number of rotatable bonds is 8. The van der Waals surface area contributed by atoms with Crippen LogP contribution in [0, 0.1) is 0 Å². The third kappa shape index (κ3) is 4.79. The van der Waals surface area contributed by atoms with Gasteiger partial charge in [0.2, 0.25) is 5.88 Å². The number of hydrogen-bond donors (Lipinski definition) is 2. The Morgan fingerprint density at radius 3 is 2.32 bits per heavy atom. The predicted molar refractivity (Wildman–Crippen MR) is 117 cm³/mol. The van der Waals surface area contributed by atoms with Crippen molar-refractivity contribution in [2.45, 2.75) is 31.6 Å². The average Bonchev–Trinajstić information content (AvgIpc) is 3.12. The number of imide groups is 2. The van der Waals surface area contributed by atoms with E-state index in [1.165, 1.54) is 24.3 Å². The number of aliphatic carboxylic acids is 1. The summed E-state index contributed by atoms with van der Waals surface area (Å²) in [7, 11) is -4.45. The van der Waals surface area contributed by atoms with Gasteiger partial charge < -0.3 is 14.7 Å². The molecule has 3 rings (SSSR count). The van der Waals surface area contributed by atoms with Gasteiger partial charge >= 0.3 is 12.0 Å². The maximum atomic E-state index is 12.9. The van der Waals surface area contributed by atoms with Gasteiger partial charge in [0.05, 0.1) is 10.6 Å². The van der Waals surface area contributed by atoms with E-state index in [0.717, 1.165) is 11.0 Å². The molecule has 0 aliphatic carbocycles. The highest BCUT2D eigenvalue weighted by atomic mass is 32.2. The zero-order valence-corrected chi connectivity index (χ0v) is 19.2. The van der Waals surface area contributed by atoms with Crippen LogP contribution in [0.3, 0.4) is 0 Å². The highest BCUT2D eigenvalue weighted by Crippen LogP contribution is 2.40. The van der Waals surface area contributed by atoms with Crippen LogP contribution >= 0.6 is 0 Å². The van der Waals surface area contributed by atoms with E-state index in [-0.39, 0.29) is 23.1 Å². The highest BCUT2D eigenvalue weighted by molar-refractivity contribution is 7.85. The summed E-state index contributed by atoms with van der Waals surface area (Å²) in [6.07, 6.45) is 3.57. The normalized spacial score (nSPS) is 18.7. The lowest BCUT2D eigenvalue weighted by Crippen LogP contribution is -2.57. The smallest absolute Gasteiger partial charge is 0.334 e. The van der Waals surface area contributed by atoms with Gasteiger partial charge in [0, 0.05) is 13.1 Å². The molecule has 0 radical (unpaired) electrons. The van der Waals surface area contributed by atoms with Crippen molar-refractivity contribution in [2.24, 2.45) is 0 Å². The minimum atomic E-state index is -4.45. The molecule has 1 aromatic carbocycles. The molecule has 0 saturated carbocycles. The molecule has 0 aromatic heterocycles. The number of carbonyl (C=O) groups is 4. The van der Waals surface area contributed by atoms with Gasteiger partial charge in [-0.25, -0.2) is 9.69 Å².